The summed E-state index contributed by atoms with van der Waals surface area (Å²) in [7, 11) is 0. The molecule has 0 aliphatic carbocycles. The van der Waals surface area contributed by atoms with Gasteiger partial charge in [-0.15, -0.1) is 0 Å². The third kappa shape index (κ3) is 12.6. The van der Waals surface area contributed by atoms with E-state index < -0.39 is 0 Å². The van der Waals surface area contributed by atoms with Gasteiger partial charge in [0.1, 0.15) is 11.5 Å². The summed E-state index contributed by atoms with van der Waals surface area (Å²) in [4.78, 5) is 4.65. The second-order valence-corrected chi connectivity index (χ2v) is 11.7. The Morgan fingerprint density at radius 2 is 1.09 bits per heavy atom. The van der Waals surface area contributed by atoms with Gasteiger partial charge in [0.2, 0.25) is 0 Å². The molecule has 0 heterocycles. The van der Waals surface area contributed by atoms with E-state index in [9.17, 15) is 0 Å². The van der Waals surface area contributed by atoms with Gasteiger partial charge in [-0.25, -0.2) is 0 Å². The first kappa shape index (κ1) is 33.5. The summed E-state index contributed by atoms with van der Waals surface area (Å²) >= 11 is 0. The number of ether oxygens (including phenoxy) is 2. The summed E-state index contributed by atoms with van der Waals surface area (Å²) in [5.41, 5.74) is 6.32. The first-order valence-corrected chi connectivity index (χ1v) is 16.8. The summed E-state index contributed by atoms with van der Waals surface area (Å²) < 4.78 is 11.8. The highest BCUT2D eigenvalue weighted by atomic mass is 16.5. The lowest BCUT2D eigenvalue weighted by atomic mass is 10.0. The topological polar surface area (TPSA) is 54.6 Å². The molecule has 0 bridgehead atoms. The van der Waals surface area contributed by atoms with Crippen molar-refractivity contribution in [2.24, 2.45) is 4.99 Å². The molecule has 0 spiro atoms. The second kappa shape index (κ2) is 19.8. The lowest BCUT2D eigenvalue weighted by Crippen LogP contribution is -2.01. The van der Waals surface area contributed by atoms with Crippen molar-refractivity contribution in [2.75, 3.05) is 13.2 Å². The van der Waals surface area contributed by atoms with Crippen LogP contribution >= 0.6 is 0 Å². The van der Waals surface area contributed by atoms with E-state index in [0.717, 1.165) is 59.6 Å². The van der Waals surface area contributed by atoms with Crippen LogP contribution in [0.5, 0.6) is 11.5 Å². The average Bonchev–Trinajstić information content (AvgIpc) is 3.09. The normalized spacial score (nSPS) is 11.0. The van der Waals surface area contributed by atoms with Crippen molar-refractivity contribution in [3.8, 4) is 28.7 Å². The molecule has 0 amide bonds. The maximum absolute atomic E-state index is 8.96. The summed E-state index contributed by atoms with van der Waals surface area (Å²) in [5.74, 6) is 1.76. The Labute approximate surface area is 270 Å². The van der Waals surface area contributed by atoms with Crippen LogP contribution in [0.25, 0.3) is 11.1 Å². The largest absolute Gasteiger partial charge is 0.494 e. The van der Waals surface area contributed by atoms with Crippen molar-refractivity contribution >= 4 is 11.9 Å². The number of aliphatic imine (C=N–C) groups is 1. The molecule has 45 heavy (non-hydrogen) atoms. The number of aryl methyl sites for hydroxylation is 1. The first-order chi connectivity index (χ1) is 22.2. The van der Waals surface area contributed by atoms with E-state index in [-0.39, 0.29) is 0 Å². The number of nitriles is 1. The maximum atomic E-state index is 8.96. The number of hydrogen-bond donors (Lipinski definition) is 0. The third-order valence-corrected chi connectivity index (χ3v) is 8.03. The quantitative estimate of drug-likeness (QED) is 0.0749. The van der Waals surface area contributed by atoms with Crippen molar-refractivity contribution in [3.63, 3.8) is 0 Å². The van der Waals surface area contributed by atoms with Gasteiger partial charge in [-0.1, -0.05) is 88.3 Å². The van der Waals surface area contributed by atoms with E-state index in [1.807, 2.05) is 54.7 Å². The molecule has 0 atom stereocenters. The predicted octanol–water partition coefficient (Wildman–Crippen LogP) is 11.3. The van der Waals surface area contributed by atoms with E-state index in [4.69, 9.17) is 14.7 Å². The Hall–Kier alpha value is -4.36. The van der Waals surface area contributed by atoms with E-state index in [0.29, 0.717) is 18.8 Å². The van der Waals surface area contributed by atoms with Gasteiger partial charge in [0, 0.05) is 6.21 Å². The van der Waals surface area contributed by atoms with Crippen molar-refractivity contribution in [2.45, 2.75) is 84.0 Å². The monoisotopic (exact) mass is 600 g/mol. The van der Waals surface area contributed by atoms with Gasteiger partial charge in [0.05, 0.1) is 30.5 Å². The minimum absolute atomic E-state index is 0.670. The standard InChI is InChI=1S/C41H48N2O2/c1-2-3-4-5-6-7-8-10-13-34-16-24-39(25-17-34)43-33-36-18-26-40(27-19-36)44-30-11-9-12-31-45-41-28-22-38(23-29-41)37-20-14-35(32-42)15-21-37/h14-29,33H,2-13,30-31H2,1H3. The minimum Gasteiger partial charge on any atom is -0.494 e. The molecule has 234 valence electrons. The third-order valence-electron chi connectivity index (χ3n) is 8.03. The van der Waals surface area contributed by atoms with Crippen LogP contribution in [0, 0.1) is 11.3 Å². The van der Waals surface area contributed by atoms with Crippen LogP contribution in [-0.4, -0.2) is 19.4 Å². The van der Waals surface area contributed by atoms with E-state index in [1.165, 1.54) is 56.9 Å². The zero-order valence-electron chi connectivity index (χ0n) is 26.9. The van der Waals surface area contributed by atoms with Gasteiger partial charge in [-0.2, -0.15) is 5.26 Å². The van der Waals surface area contributed by atoms with Crippen LogP contribution < -0.4 is 9.47 Å². The molecule has 4 rings (SSSR count). The van der Waals surface area contributed by atoms with Crippen molar-refractivity contribution in [1.29, 1.82) is 5.26 Å². The fraction of sp³-hybridized carbons (Fsp3) is 0.366. The molecular weight excluding hydrogens is 552 g/mol. The molecular formula is C41H48N2O2. The molecule has 0 N–H and O–H groups in total. The van der Waals surface area contributed by atoms with Crippen LogP contribution in [0.2, 0.25) is 0 Å². The maximum Gasteiger partial charge on any atom is 0.119 e. The molecule has 4 heteroatoms. The van der Waals surface area contributed by atoms with Crippen molar-refractivity contribution < 1.29 is 9.47 Å². The van der Waals surface area contributed by atoms with Crippen molar-refractivity contribution in [1.82, 2.24) is 0 Å². The molecule has 4 nitrogen and oxygen atoms in total. The van der Waals surface area contributed by atoms with E-state index in [1.54, 1.807) is 0 Å². The molecule has 0 aliphatic heterocycles. The lowest BCUT2D eigenvalue weighted by molar-refractivity contribution is 0.279. The summed E-state index contributed by atoms with van der Waals surface area (Å²) in [5, 5.41) is 8.96. The smallest absolute Gasteiger partial charge is 0.119 e. The number of rotatable bonds is 20. The molecule has 0 saturated carbocycles. The zero-order valence-corrected chi connectivity index (χ0v) is 26.9. The fourth-order valence-corrected chi connectivity index (χ4v) is 5.25. The number of nitrogens with zero attached hydrogens (tertiary/aromatic N) is 2. The highest BCUT2D eigenvalue weighted by Crippen LogP contribution is 2.23. The summed E-state index contributed by atoms with van der Waals surface area (Å²) in [6.45, 7) is 3.65. The fourth-order valence-electron chi connectivity index (χ4n) is 5.25. The predicted molar refractivity (Wildman–Crippen MR) is 188 cm³/mol. The van der Waals surface area contributed by atoms with Gasteiger partial charge in [-0.05, 0) is 115 Å². The molecule has 0 fully saturated rings. The van der Waals surface area contributed by atoms with Crippen LogP contribution in [0.4, 0.5) is 5.69 Å². The number of hydrogen-bond acceptors (Lipinski definition) is 4. The van der Waals surface area contributed by atoms with Gasteiger partial charge in [0.15, 0.2) is 0 Å². The Kier molecular flexibility index (Phi) is 14.8. The minimum atomic E-state index is 0.670. The van der Waals surface area contributed by atoms with E-state index >= 15 is 0 Å². The number of benzene rings is 4. The average molecular weight is 601 g/mol. The molecule has 4 aromatic carbocycles. The van der Waals surface area contributed by atoms with Crippen LogP contribution in [0.3, 0.4) is 0 Å². The Morgan fingerprint density at radius 3 is 1.67 bits per heavy atom. The van der Waals surface area contributed by atoms with Crippen LogP contribution in [0.1, 0.15) is 94.2 Å². The van der Waals surface area contributed by atoms with Crippen LogP contribution in [0.15, 0.2) is 102 Å². The van der Waals surface area contributed by atoms with Crippen molar-refractivity contribution in [3.05, 3.63) is 114 Å². The Morgan fingerprint density at radius 1 is 0.578 bits per heavy atom. The molecule has 0 radical (unpaired) electrons. The highest BCUT2D eigenvalue weighted by molar-refractivity contribution is 5.82. The first-order valence-electron chi connectivity index (χ1n) is 16.8. The van der Waals surface area contributed by atoms with Gasteiger partial charge >= 0.3 is 0 Å². The molecule has 0 aliphatic rings. The Bertz CT molecular complexity index is 1430. The Balaban J connectivity index is 1.05. The van der Waals surface area contributed by atoms with E-state index in [2.05, 4.69) is 66.5 Å². The molecule has 0 saturated heterocycles. The lowest BCUT2D eigenvalue weighted by Gasteiger charge is -2.09. The second-order valence-electron chi connectivity index (χ2n) is 11.7. The van der Waals surface area contributed by atoms with Gasteiger partial charge < -0.3 is 9.47 Å². The molecule has 4 aromatic rings. The highest BCUT2D eigenvalue weighted by Gasteiger charge is 2.01. The zero-order chi connectivity index (χ0) is 31.4. The van der Waals surface area contributed by atoms with Gasteiger partial charge in [-0.3, -0.25) is 4.99 Å². The number of unbranched alkanes of at least 4 members (excludes halogenated alkanes) is 9. The summed E-state index contributed by atoms with van der Waals surface area (Å²) in [6.07, 6.45) is 17.0. The SMILES string of the molecule is CCCCCCCCCCc1ccc(N=Cc2ccc(OCCCCCOc3ccc(-c4ccc(C#N)cc4)cc3)cc2)cc1. The molecule has 0 unspecified atom stereocenters. The molecule has 0 aromatic heterocycles. The summed E-state index contributed by atoms with van der Waals surface area (Å²) in [6, 6.07) is 34.7. The van der Waals surface area contributed by atoms with Gasteiger partial charge in [0.25, 0.3) is 0 Å². The van der Waals surface area contributed by atoms with Crippen LogP contribution in [-0.2, 0) is 6.42 Å².